The number of hydrogen-bond donors (Lipinski definition) is 0. The van der Waals surface area contributed by atoms with Crippen LogP contribution in [-0.4, -0.2) is 57.1 Å². The topological polar surface area (TPSA) is 32.8 Å². The van der Waals surface area contributed by atoms with E-state index in [2.05, 4.69) is 51.0 Å². The first kappa shape index (κ1) is 22.6. The minimum atomic E-state index is -1.64. The first-order valence-corrected chi connectivity index (χ1v) is 12.6. The zero-order valence-electron chi connectivity index (χ0n) is 17.8. The van der Waals surface area contributed by atoms with Crippen LogP contribution < -0.4 is 0 Å². The third-order valence-corrected chi connectivity index (χ3v) is 14.3. The number of esters is 1. The maximum Gasteiger partial charge on any atom is 0.306 e. The van der Waals surface area contributed by atoms with Gasteiger partial charge in [0.15, 0.2) is 0 Å². The van der Waals surface area contributed by atoms with Crippen LogP contribution in [-0.2, 0) is 9.53 Å². The van der Waals surface area contributed by atoms with Gasteiger partial charge < -0.3 is 9.30 Å². The number of ether oxygens (including phenoxy) is 1. The van der Waals surface area contributed by atoms with Gasteiger partial charge in [-0.15, -0.1) is 0 Å². The molecule has 1 heterocycles. The van der Waals surface area contributed by atoms with Crippen LogP contribution in [0.2, 0.25) is 16.6 Å². The highest BCUT2D eigenvalue weighted by Gasteiger charge is 2.51. The summed E-state index contributed by atoms with van der Waals surface area (Å²) in [4.78, 5) is 14.0. The molecule has 0 saturated carbocycles. The molecule has 25 heavy (non-hydrogen) atoms. The molecule has 0 aromatic carbocycles. The van der Waals surface area contributed by atoms with Crippen molar-refractivity contribution >= 4 is 14.2 Å². The van der Waals surface area contributed by atoms with Gasteiger partial charge in [0.25, 0.3) is 0 Å². The molecule has 1 fully saturated rings. The molecule has 1 aliphatic rings. The van der Waals surface area contributed by atoms with Gasteiger partial charge in [0.05, 0.1) is 13.5 Å². The van der Waals surface area contributed by atoms with E-state index >= 15 is 0 Å². The zero-order chi connectivity index (χ0) is 19.0. The third-order valence-electron chi connectivity index (χ3n) is 6.89. The number of carbonyl (C=O) groups is 1. The number of methoxy groups -OCH3 is 1. The largest absolute Gasteiger partial charge is 0.469 e. The van der Waals surface area contributed by atoms with E-state index < -0.39 is 8.24 Å². The van der Waals surface area contributed by atoms with Crippen molar-refractivity contribution in [3.63, 3.8) is 0 Å². The van der Waals surface area contributed by atoms with Gasteiger partial charge in [0, 0.05) is 19.8 Å². The van der Waals surface area contributed by atoms with Gasteiger partial charge in [-0.25, -0.2) is 0 Å². The third kappa shape index (κ3) is 5.07. The normalized spacial score (nSPS) is 22.8. The minimum absolute atomic E-state index is 0.0913. The fourth-order valence-corrected chi connectivity index (χ4v) is 12.8. The Bertz CT molecular complexity index is 379. The minimum Gasteiger partial charge on any atom is -0.469 e. The lowest BCUT2D eigenvalue weighted by molar-refractivity contribution is -0.141. The molecule has 0 bridgehead atoms. The molecule has 0 N–H and O–H groups in total. The summed E-state index contributed by atoms with van der Waals surface area (Å²) in [5.74, 6) is -0.0913. The Kier molecular flexibility index (Phi) is 9.68. The highest BCUT2D eigenvalue weighted by Crippen LogP contribution is 2.48. The van der Waals surface area contributed by atoms with Crippen LogP contribution in [0.5, 0.6) is 0 Å². The van der Waals surface area contributed by atoms with E-state index in [4.69, 9.17) is 4.74 Å². The molecule has 3 atom stereocenters. The quantitative estimate of drug-likeness (QED) is 0.406. The average Bonchev–Trinajstić information content (AvgIpc) is 2.65. The van der Waals surface area contributed by atoms with Gasteiger partial charge in [0.1, 0.15) is 8.24 Å². The van der Waals surface area contributed by atoms with Crippen molar-refractivity contribution in [3.8, 4) is 0 Å². The van der Waals surface area contributed by atoms with Crippen molar-refractivity contribution in [2.45, 2.75) is 90.3 Å². The molecular weight excluding hydrogens is 328 g/mol. The Morgan fingerprint density at radius 3 is 1.96 bits per heavy atom. The maximum absolute atomic E-state index is 11.5. The van der Waals surface area contributed by atoms with E-state index in [1.54, 1.807) is 0 Å². The van der Waals surface area contributed by atoms with Crippen molar-refractivity contribution in [3.05, 3.63) is 0 Å². The van der Waals surface area contributed by atoms with Crippen molar-refractivity contribution < 1.29 is 9.53 Å². The summed E-state index contributed by atoms with van der Waals surface area (Å²) in [7, 11) is -0.152. The Morgan fingerprint density at radius 2 is 1.52 bits per heavy atom. The second kappa shape index (κ2) is 10.7. The van der Waals surface area contributed by atoms with E-state index in [1.165, 1.54) is 39.3 Å². The fraction of sp³-hybridized carbons (Fsp3) is 0.950. The van der Waals surface area contributed by atoms with Crippen molar-refractivity contribution in [1.82, 2.24) is 9.47 Å². The van der Waals surface area contributed by atoms with Crippen molar-refractivity contribution in [2.75, 3.05) is 33.4 Å². The Balaban J connectivity index is 3.05. The smallest absolute Gasteiger partial charge is 0.306 e. The highest BCUT2D eigenvalue weighted by molar-refractivity contribution is 6.81. The van der Waals surface area contributed by atoms with Gasteiger partial charge in [-0.2, -0.15) is 0 Å². The summed E-state index contributed by atoms with van der Waals surface area (Å²) < 4.78 is 7.74. The Hall–Kier alpha value is -0.393. The molecule has 1 aliphatic heterocycles. The van der Waals surface area contributed by atoms with Gasteiger partial charge in [-0.3, -0.25) is 9.69 Å². The van der Waals surface area contributed by atoms with E-state index in [9.17, 15) is 4.79 Å². The molecule has 148 valence electrons. The predicted octanol–water partition coefficient (Wildman–Crippen LogP) is 4.86. The van der Waals surface area contributed by atoms with Crippen LogP contribution >= 0.6 is 0 Å². The van der Waals surface area contributed by atoms with Crippen LogP contribution in [0.15, 0.2) is 0 Å². The van der Waals surface area contributed by atoms with Crippen molar-refractivity contribution in [1.29, 1.82) is 0 Å². The SMILES string of the molecule is CCC(C)[Si](C(C)CC)(C(C)CC)N1CCCN(CCC(=O)OC)C1. The van der Waals surface area contributed by atoms with Crippen LogP contribution in [0, 0.1) is 0 Å². The summed E-state index contributed by atoms with van der Waals surface area (Å²) in [5.41, 5.74) is 2.41. The lowest BCUT2D eigenvalue weighted by Gasteiger charge is -2.56. The molecule has 5 heteroatoms. The summed E-state index contributed by atoms with van der Waals surface area (Å²) in [6.45, 7) is 18.9. The Morgan fingerprint density at radius 1 is 1.00 bits per heavy atom. The van der Waals surface area contributed by atoms with Gasteiger partial charge in [-0.05, 0) is 29.6 Å². The fourth-order valence-electron chi connectivity index (χ4n) is 5.09. The van der Waals surface area contributed by atoms with Crippen molar-refractivity contribution in [2.24, 2.45) is 0 Å². The lowest BCUT2D eigenvalue weighted by atomic mass is 10.3. The average molecular weight is 371 g/mol. The van der Waals surface area contributed by atoms with Gasteiger partial charge in [0.2, 0.25) is 0 Å². The summed E-state index contributed by atoms with van der Waals surface area (Å²) in [6.07, 6.45) is 5.56. The zero-order valence-corrected chi connectivity index (χ0v) is 18.8. The molecule has 4 nitrogen and oxygen atoms in total. The van der Waals surface area contributed by atoms with Crippen LogP contribution in [0.3, 0.4) is 0 Å². The maximum atomic E-state index is 11.5. The molecule has 0 amide bonds. The summed E-state index contributed by atoms with van der Waals surface area (Å²) in [5, 5.41) is 0. The standard InChI is InChI=1S/C20H42N2O2Si/c1-8-17(4)25(18(5)9-2,19(6)10-3)22-14-11-13-21(16-22)15-12-20(23)24-7/h17-19H,8-16H2,1-7H3. The second-order valence-corrected chi connectivity index (χ2v) is 13.4. The number of rotatable bonds is 10. The van der Waals surface area contributed by atoms with E-state index in [0.29, 0.717) is 6.42 Å². The van der Waals surface area contributed by atoms with E-state index in [0.717, 1.165) is 36.4 Å². The molecule has 0 aromatic rings. The van der Waals surface area contributed by atoms with Crippen LogP contribution in [0.25, 0.3) is 0 Å². The number of hydrogen-bond acceptors (Lipinski definition) is 4. The summed E-state index contributed by atoms with van der Waals surface area (Å²) in [6, 6.07) is 0. The molecule has 1 saturated heterocycles. The molecular formula is C20H42N2O2Si. The van der Waals surface area contributed by atoms with Gasteiger partial charge >= 0.3 is 5.97 Å². The lowest BCUT2D eigenvalue weighted by Crippen LogP contribution is -2.65. The number of nitrogens with zero attached hydrogens (tertiary/aromatic N) is 2. The predicted molar refractivity (Wildman–Crippen MR) is 109 cm³/mol. The molecule has 0 aliphatic carbocycles. The van der Waals surface area contributed by atoms with E-state index in [-0.39, 0.29) is 5.97 Å². The first-order valence-electron chi connectivity index (χ1n) is 10.4. The Labute approximate surface area is 157 Å². The van der Waals surface area contributed by atoms with Gasteiger partial charge in [-0.1, -0.05) is 60.8 Å². The summed E-state index contributed by atoms with van der Waals surface area (Å²) >= 11 is 0. The molecule has 1 rings (SSSR count). The molecule has 0 aromatic heterocycles. The molecule has 0 radical (unpaired) electrons. The number of carbonyl (C=O) groups excluding carboxylic acids is 1. The highest BCUT2D eigenvalue weighted by atomic mass is 28.3. The molecule has 3 unspecified atom stereocenters. The van der Waals surface area contributed by atoms with Crippen LogP contribution in [0.4, 0.5) is 0 Å². The molecule has 0 spiro atoms. The van der Waals surface area contributed by atoms with Crippen LogP contribution in [0.1, 0.15) is 73.6 Å². The second-order valence-electron chi connectivity index (χ2n) is 8.02. The first-order chi connectivity index (χ1) is 11.9. The van der Waals surface area contributed by atoms with E-state index in [1.807, 2.05) is 0 Å². The monoisotopic (exact) mass is 370 g/mol.